The fourth-order valence-electron chi connectivity index (χ4n) is 2.85. The molecule has 0 saturated carbocycles. The molecule has 0 unspecified atom stereocenters. The summed E-state index contributed by atoms with van der Waals surface area (Å²) in [4.78, 5) is 5.70. The van der Waals surface area contributed by atoms with Gasteiger partial charge >= 0.3 is 0 Å². The summed E-state index contributed by atoms with van der Waals surface area (Å²) < 4.78 is 1.97. The Labute approximate surface area is 144 Å². The molecule has 2 aromatic rings. The molecule has 128 valence electrons. The predicted molar refractivity (Wildman–Crippen MR) is 98.0 cm³/mol. The van der Waals surface area contributed by atoms with E-state index in [1.165, 1.54) is 16.9 Å². The molecule has 7 nitrogen and oxygen atoms in total. The van der Waals surface area contributed by atoms with Crippen LogP contribution in [0.15, 0.2) is 29.6 Å². The molecule has 0 radical (unpaired) electrons. The minimum atomic E-state index is 0.672. The van der Waals surface area contributed by atoms with Gasteiger partial charge in [-0.25, -0.2) is 5.48 Å². The van der Waals surface area contributed by atoms with Crippen LogP contribution in [0.5, 0.6) is 0 Å². The molecule has 24 heavy (non-hydrogen) atoms. The number of aromatic nitrogens is 2. The minimum absolute atomic E-state index is 0.672. The molecule has 0 aliphatic heterocycles. The zero-order chi connectivity index (χ0) is 17.3. The minimum Gasteiger partial charge on any atom is -0.402 e. The zero-order valence-electron chi connectivity index (χ0n) is 13.8. The van der Waals surface area contributed by atoms with E-state index in [4.69, 9.17) is 22.5 Å². The second-order valence-electron chi connectivity index (χ2n) is 5.98. The third-order valence-electron chi connectivity index (χ3n) is 3.93. The lowest BCUT2D eigenvalue weighted by molar-refractivity contribution is 0.201. The van der Waals surface area contributed by atoms with Crippen molar-refractivity contribution in [3.63, 3.8) is 0 Å². The largest absolute Gasteiger partial charge is 0.402 e. The first-order chi connectivity index (χ1) is 11.5. The SMILES string of the molecule is C/C(N)=C\C=C(/C)Cn1cc2c(n1)CCc1c-2sc(N)c1NON. The van der Waals surface area contributed by atoms with Crippen LogP contribution < -0.4 is 22.8 Å². The highest BCUT2D eigenvalue weighted by molar-refractivity contribution is 7.20. The van der Waals surface area contributed by atoms with E-state index in [-0.39, 0.29) is 0 Å². The summed E-state index contributed by atoms with van der Waals surface area (Å²) in [6, 6.07) is 0. The maximum absolute atomic E-state index is 6.09. The fourth-order valence-corrected chi connectivity index (χ4v) is 3.95. The van der Waals surface area contributed by atoms with Crippen LogP contribution >= 0.6 is 11.3 Å². The molecule has 0 amide bonds. The topological polar surface area (TPSA) is 117 Å². The number of nitrogen functional groups attached to an aromatic ring is 1. The van der Waals surface area contributed by atoms with E-state index in [2.05, 4.69) is 23.5 Å². The lowest BCUT2D eigenvalue weighted by Gasteiger charge is -2.12. The first-order valence-electron chi connectivity index (χ1n) is 7.68. The number of hydrogen-bond donors (Lipinski definition) is 4. The molecule has 0 atom stereocenters. The monoisotopic (exact) mass is 346 g/mol. The lowest BCUT2D eigenvalue weighted by atomic mass is 9.96. The number of aryl methyl sites for hydroxylation is 1. The molecule has 0 bridgehead atoms. The fraction of sp³-hybridized carbons (Fsp3) is 0.312. The van der Waals surface area contributed by atoms with Gasteiger partial charge in [0.2, 0.25) is 0 Å². The Bertz CT molecular complexity index is 813. The van der Waals surface area contributed by atoms with Crippen LogP contribution in [0.25, 0.3) is 10.4 Å². The Morgan fingerprint density at radius 1 is 1.42 bits per heavy atom. The number of allylic oxidation sites excluding steroid dienone is 4. The molecule has 7 N–H and O–H groups in total. The van der Waals surface area contributed by atoms with Crippen molar-refractivity contribution in [2.75, 3.05) is 11.2 Å². The number of rotatable bonds is 5. The van der Waals surface area contributed by atoms with Gasteiger partial charge < -0.3 is 11.5 Å². The van der Waals surface area contributed by atoms with Gasteiger partial charge in [-0.15, -0.1) is 11.3 Å². The predicted octanol–water partition coefficient (Wildman–Crippen LogP) is 2.32. The smallest absolute Gasteiger partial charge is 0.113 e. The zero-order valence-corrected chi connectivity index (χ0v) is 14.6. The number of nitrogens with zero attached hydrogens (tertiary/aromatic N) is 2. The summed E-state index contributed by atoms with van der Waals surface area (Å²) in [6.07, 6.45) is 7.73. The molecule has 2 aromatic heterocycles. The van der Waals surface area contributed by atoms with Crippen molar-refractivity contribution in [2.24, 2.45) is 11.6 Å². The Morgan fingerprint density at radius 3 is 2.92 bits per heavy atom. The van der Waals surface area contributed by atoms with Gasteiger partial charge in [-0.3, -0.25) is 4.68 Å². The van der Waals surface area contributed by atoms with Gasteiger partial charge in [0.05, 0.1) is 12.2 Å². The normalized spacial score (nSPS) is 14.5. The second kappa shape index (κ2) is 6.68. The van der Waals surface area contributed by atoms with Crippen LogP contribution in [0.1, 0.15) is 25.1 Å². The molecule has 0 fully saturated rings. The molecule has 2 heterocycles. The Hall–Kier alpha value is -2.29. The van der Waals surface area contributed by atoms with Gasteiger partial charge in [0, 0.05) is 22.3 Å². The summed E-state index contributed by atoms with van der Waals surface area (Å²) in [7, 11) is 0. The highest BCUT2D eigenvalue weighted by Gasteiger charge is 2.26. The van der Waals surface area contributed by atoms with E-state index in [1.807, 2.05) is 23.8 Å². The number of anilines is 2. The summed E-state index contributed by atoms with van der Waals surface area (Å²) in [5.74, 6) is 5.13. The quantitative estimate of drug-likeness (QED) is 0.487. The molecule has 8 heteroatoms. The maximum Gasteiger partial charge on any atom is 0.113 e. The van der Waals surface area contributed by atoms with Crippen molar-refractivity contribution in [3.05, 3.63) is 40.9 Å². The summed E-state index contributed by atoms with van der Waals surface area (Å²) in [5.41, 5.74) is 20.6. The van der Waals surface area contributed by atoms with Gasteiger partial charge in [-0.05, 0) is 38.3 Å². The number of nitrogens with one attached hydrogen (secondary N) is 1. The number of thiophene rings is 1. The van der Waals surface area contributed by atoms with Crippen LogP contribution in [0.4, 0.5) is 10.7 Å². The molecule has 0 aromatic carbocycles. The van der Waals surface area contributed by atoms with Gasteiger partial charge in [0.25, 0.3) is 0 Å². The number of hydrogen-bond acceptors (Lipinski definition) is 7. The Balaban J connectivity index is 1.90. The summed E-state index contributed by atoms with van der Waals surface area (Å²) in [6.45, 7) is 4.66. The van der Waals surface area contributed by atoms with Crippen molar-refractivity contribution in [3.8, 4) is 10.4 Å². The van der Waals surface area contributed by atoms with Crippen molar-refractivity contribution in [1.82, 2.24) is 9.78 Å². The van der Waals surface area contributed by atoms with E-state index in [0.29, 0.717) is 5.00 Å². The number of fused-ring (bicyclic) bond motifs is 3. The third-order valence-corrected chi connectivity index (χ3v) is 5.03. The third kappa shape index (κ3) is 3.16. The van der Waals surface area contributed by atoms with Crippen molar-refractivity contribution < 1.29 is 4.94 Å². The van der Waals surface area contributed by atoms with Gasteiger partial charge in [0.1, 0.15) is 10.7 Å². The van der Waals surface area contributed by atoms with E-state index in [0.717, 1.165) is 52.5 Å². The van der Waals surface area contributed by atoms with Crippen LogP contribution in [0.2, 0.25) is 0 Å². The average Bonchev–Trinajstić information content (AvgIpc) is 3.07. The summed E-state index contributed by atoms with van der Waals surface area (Å²) in [5, 5.41) is 5.39. The van der Waals surface area contributed by atoms with Crippen LogP contribution in [-0.4, -0.2) is 9.78 Å². The maximum atomic E-state index is 6.09. The first-order valence-corrected chi connectivity index (χ1v) is 8.50. The lowest BCUT2D eigenvalue weighted by Crippen LogP contribution is -2.10. The van der Waals surface area contributed by atoms with Crippen molar-refractivity contribution in [2.45, 2.75) is 33.2 Å². The van der Waals surface area contributed by atoms with Gasteiger partial charge in [0.15, 0.2) is 0 Å². The number of nitrogens with two attached hydrogens (primary N) is 3. The molecule has 0 saturated heterocycles. The van der Waals surface area contributed by atoms with Crippen molar-refractivity contribution in [1.29, 1.82) is 0 Å². The molecule has 0 spiro atoms. The van der Waals surface area contributed by atoms with Crippen LogP contribution in [-0.2, 0) is 24.3 Å². The molecular weight excluding hydrogens is 324 g/mol. The Morgan fingerprint density at radius 2 is 2.21 bits per heavy atom. The first kappa shape index (κ1) is 16.6. The highest BCUT2D eigenvalue weighted by Crippen LogP contribution is 2.46. The second-order valence-corrected chi connectivity index (χ2v) is 7.03. The Kier molecular flexibility index (Phi) is 4.61. The molecule has 3 rings (SSSR count). The van der Waals surface area contributed by atoms with Gasteiger partial charge in [-0.2, -0.15) is 15.9 Å². The standard InChI is InChI=1S/C16H22N6OS/c1-9(3-4-10(2)17)7-22-8-12-13(20-22)6-5-11-14(21-23-19)16(18)24-15(11)12/h3-4,8,21H,5-7,17-19H2,1-2H3/b9-3+,10-4+. The van der Waals surface area contributed by atoms with E-state index in [1.54, 1.807) is 0 Å². The van der Waals surface area contributed by atoms with Crippen LogP contribution in [0, 0.1) is 0 Å². The van der Waals surface area contributed by atoms with E-state index < -0.39 is 0 Å². The van der Waals surface area contributed by atoms with E-state index >= 15 is 0 Å². The average molecular weight is 346 g/mol. The van der Waals surface area contributed by atoms with Crippen LogP contribution in [0.3, 0.4) is 0 Å². The van der Waals surface area contributed by atoms with E-state index in [9.17, 15) is 0 Å². The molecule has 1 aliphatic rings. The molecule has 1 aliphatic carbocycles. The van der Waals surface area contributed by atoms with Crippen molar-refractivity contribution >= 4 is 22.0 Å². The molecular formula is C16H22N6OS. The van der Waals surface area contributed by atoms with Gasteiger partial charge in [-0.1, -0.05) is 11.6 Å². The highest BCUT2D eigenvalue weighted by atomic mass is 32.1. The summed E-state index contributed by atoms with van der Waals surface area (Å²) >= 11 is 1.53.